The smallest absolute Gasteiger partial charge is 0.251 e. The van der Waals surface area contributed by atoms with E-state index >= 15 is 0 Å². The number of anilines is 2. The molecule has 2 N–H and O–H groups in total. The molecule has 3 unspecified atom stereocenters. The molecule has 0 bridgehead atoms. The molecule has 2 aliphatic rings. The number of hydrogen-bond acceptors (Lipinski definition) is 4. The Hall–Kier alpha value is -2.93. The quantitative estimate of drug-likeness (QED) is 0.723. The van der Waals surface area contributed by atoms with Crippen molar-refractivity contribution in [1.29, 1.82) is 0 Å². The molecule has 0 spiro atoms. The van der Waals surface area contributed by atoms with Gasteiger partial charge in [0.1, 0.15) is 5.82 Å². The Kier molecular flexibility index (Phi) is 6.46. The summed E-state index contributed by atoms with van der Waals surface area (Å²) in [6.07, 6.45) is 0.931. The minimum atomic E-state index is -0.358. The summed E-state index contributed by atoms with van der Waals surface area (Å²) in [7, 11) is 2.09. The van der Waals surface area contributed by atoms with Crippen molar-refractivity contribution < 1.29 is 14.0 Å². The van der Waals surface area contributed by atoms with E-state index in [0.717, 1.165) is 43.9 Å². The number of benzene rings is 2. The van der Waals surface area contributed by atoms with Crippen molar-refractivity contribution in [3.63, 3.8) is 0 Å². The molecule has 2 aromatic carbocycles. The predicted octanol–water partition coefficient (Wildman–Crippen LogP) is 3.66. The van der Waals surface area contributed by atoms with Crippen LogP contribution in [0.25, 0.3) is 0 Å². The van der Waals surface area contributed by atoms with Crippen LogP contribution in [0.5, 0.6) is 0 Å². The van der Waals surface area contributed by atoms with Crippen LogP contribution in [0.4, 0.5) is 15.8 Å². The highest BCUT2D eigenvalue weighted by Crippen LogP contribution is 2.38. The van der Waals surface area contributed by atoms with Gasteiger partial charge in [0.25, 0.3) is 5.91 Å². The molecule has 3 atom stereocenters. The number of amides is 2. The SMILES string of the molecule is CC(NC(=O)c1ccc(NC(=O)C2CC2C)cc1)c1cc(F)ccc1N1CCN(C)CC1. The fraction of sp³-hybridized carbons (Fsp3) is 0.440. The van der Waals surface area contributed by atoms with Crippen molar-refractivity contribution >= 4 is 23.2 Å². The van der Waals surface area contributed by atoms with E-state index < -0.39 is 0 Å². The Morgan fingerprint density at radius 1 is 1.06 bits per heavy atom. The minimum Gasteiger partial charge on any atom is -0.369 e. The van der Waals surface area contributed by atoms with E-state index in [0.29, 0.717) is 17.2 Å². The topological polar surface area (TPSA) is 64.7 Å². The lowest BCUT2D eigenvalue weighted by atomic mass is 10.0. The number of halogens is 1. The monoisotopic (exact) mass is 438 g/mol. The molecule has 4 rings (SSSR count). The van der Waals surface area contributed by atoms with Crippen molar-refractivity contribution in [1.82, 2.24) is 10.2 Å². The van der Waals surface area contributed by atoms with E-state index in [1.165, 1.54) is 12.1 Å². The second kappa shape index (κ2) is 9.28. The molecule has 2 amide bonds. The molecule has 1 aliphatic carbocycles. The molecular weight excluding hydrogens is 407 g/mol. The van der Waals surface area contributed by atoms with Gasteiger partial charge in [-0.2, -0.15) is 0 Å². The molecule has 0 radical (unpaired) electrons. The van der Waals surface area contributed by atoms with Crippen LogP contribution in [0, 0.1) is 17.7 Å². The van der Waals surface area contributed by atoms with Gasteiger partial charge in [0.05, 0.1) is 6.04 Å². The first-order valence-corrected chi connectivity index (χ1v) is 11.3. The molecule has 7 heteroatoms. The van der Waals surface area contributed by atoms with Crippen LogP contribution in [-0.2, 0) is 4.79 Å². The maximum Gasteiger partial charge on any atom is 0.251 e. The largest absolute Gasteiger partial charge is 0.369 e. The van der Waals surface area contributed by atoms with E-state index in [9.17, 15) is 14.0 Å². The van der Waals surface area contributed by atoms with Crippen LogP contribution >= 0.6 is 0 Å². The highest BCUT2D eigenvalue weighted by Gasteiger charge is 2.39. The summed E-state index contributed by atoms with van der Waals surface area (Å²) in [5, 5.41) is 5.89. The maximum atomic E-state index is 14.1. The highest BCUT2D eigenvalue weighted by molar-refractivity contribution is 5.97. The number of piperazine rings is 1. The number of carbonyl (C=O) groups is 2. The summed E-state index contributed by atoms with van der Waals surface area (Å²) in [5.74, 6) is 0.0226. The van der Waals surface area contributed by atoms with Gasteiger partial charge in [-0.3, -0.25) is 9.59 Å². The lowest BCUT2D eigenvalue weighted by Gasteiger charge is -2.36. The summed E-state index contributed by atoms with van der Waals surface area (Å²) in [4.78, 5) is 29.4. The molecule has 1 saturated heterocycles. The average Bonchev–Trinajstić information content (AvgIpc) is 3.51. The van der Waals surface area contributed by atoms with Gasteiger partial charge in [-0.15, -0.1) is 0 Å². The Balaban J connectivity index is 1.42. The van der Waals surface area contributed by atoms with Gasteiger partial charge in [-0.05, 0) is 68.8 Å². The number of rotatable bonds is 6. The zero-order valence-corrected chi connectivity index (χ0v) is 18.9. The molecule has 0 aromatic heterocycles. The molecule has 32 heavy (non-hydrogen) atoms. The average molecular weight is 439 g/mol. The summed E-state index contributed by atoms with van der Waals surface area (Å²) < 4.78 is 14.1. The van der Waals surface area contributed by atoms with Crippen LogP contribution < -0.4 is 15.5 Å². The van der Waals surface area contributed by atoms with Crippen LogP contribution in [0.3, 0.4) is 0 Å². The van der Waals surface area contributed by atoms with Gasteiger partial charge >= 0.3 is 0 Å². The van der Waals surface area contributed by atoms with Gasteiger partial charge in [0, 0.05) is 54.6 Å². The van der Waals surface area contributed by atoms with Crippen molar-refractivity contribution in [3.05, 3.63) is 59.4 Å². The molecule has 1 aliphatic heterocycles. The first-order chi connectivity index (χ1) is 15.3. The molecule has 1 heterocycles. The third kappa shape index (κ3) is 5.10. The molecule has 170 valence electrons. The summed E-state index contributed by atoms with van der Waals surface area (Å²) in [6, 6.07) is 11.3. The number of hydrogen-bond donors (Lipinski definition) is 2. The Bertz CT molecular complexity index is 986. The van der Waals surface area contributed by atoms with Gasteiger partial charge in [-0.1, -0.05) is 6.92 Å². The van der Waals surface area contributed by atoms with Crippen LogP contribution in [0.2, 0.25) is 0 Å². The lowest BCUT2D eigenvalue weighted by Crippen LogP contribution is -2.45. The molecule has 1 saturated carbocycles. The second-order valence-electron chi connectivity index (χ2n) is 9.07. The number of nitrogens with one attached hydrogen (secondary N) is 2. The highest BCUT2D eigenvalue weighted by atomic mass is 19.1. The zero-order valence-electron chi connectivity index (χ0n) is 18.9. The maximum absolute atomic E-state index is 14.1. The molecule has 2 aromatic rings. The Morgan fingerprint density at radius 3 is 2.34 bits per heavy atom. The normalized spacial score (nSPS) is 21.7. The van der Waals surface area contributed by atoms with Crippen LogP contribution in [0.1, 0.15) is 42.2 Å². The third-order valence-electron chi connectivity index (χ3n) is 6.51. The van der Waals surface area contributed by atoms with Gasteiger partial charge in [0.2, 0.25) is 5.91 Å². The molecule has 6 nitrogen and oxygen atoms in total. The van der Waals surface area contributed by atoms with Crippen LogP contribution in [-0.4, -0.2) is 49.9 Å². The van der Waals surface area contributed by atoms with E-state index in [1.54, 1.807) is 30.3 Å². The van der Waals surface area contributed by atoms with Gasteiger partial charge < -0.3 is 20.4 Å². The van der Waals surface area contributed by atoms with E-state index in [2.05, 4.69) is 34.4 Å². The van der Waals surface area contributed by atoms with Gasteiger partial charge in [0.15, 0.2) is 0 Å². The molecular formula is C25H31FN4O2. The van der Waals surface area contributed by atoms with Crippen molar-refractivity contribution in [2.24, 2.45) is 11.8 Å². The first-order valence-electron chi connectivity index (χ1n) is 11.3. The Morgan fingerprint density at radius 2 is 1.72 bits per heavy atom. The standard InChI is InChI=1S/C25H31FN4O2/c1-16-14-21(16)25(32)28-20-7-4-18(5-8-20)24(31)27-17(2)22-15-19(26)6-9-23(22)30-12-10-29(3)11-13-30/h4-9,15-17,21H,10-14H2,1-3H3,(H,27,31)(H,28,32). The lowest BCUT2D eigenvalue weighted by molar-refractivity contribution is -0.117. The van der Waals surface area contributed by atoms with E-state index in [-0.39, 0.29) is 29.6 Å². The fourth-order valence-electron chi connectivity index (χ4n) is 4.19. The van der Waals surface area contributed by atoms with Gasteiger partial charge in [-0.25, -0.2) is 4.39 Å². The summed E-state index contributed by atoms with van der Waals surface area (Å²) in [5.41, 5.74) is 2.90. The van der Waals surface area contributed by atoms with E-state index in [1.807, 2.05) is 6.92 Å². The second-order valence-corrected chi connectivity index (χ2v) is 9.07. The van der Waals surface area contributed by atoms with E-state index in [4.69, 9.17) is 0 Å². The van der Waals surface area contributed by atoms with Crippen molar-refractivity contribution in [3.8, 4) is 0 Å². The minimum absolute atomic E-state index is 0.0332. The first kappa shape index (κ1) is 22.3. The number of carbonyl (C=O) groups excluding carboxylic acids is 2. The van der Waals surface area contributed by atoms with Crippen LogP contribution in [0.15, 0.2) is 42.5 Å². The predicted molar refractivity (Wildman–Crippen MR) is 124 cm³/mol. The molecule has 2 fully saturated rings. The third-order valence-corrected chi connectivity index (χ3v) is 6.51. The fourth-order valence-corrected chi connectivity index (χ4v) is 4.19. The Labute approximate surface area is 188 Å². The van der Waals surface area contributed by atoms with Crippen molar-refractivity contribution in [2.45, 2.75) is 26.3 Å². The zero-order chi connectivity index (χ0) is 22.8. The summed E-state index contributed by atoms with van der Waals surface area (Å²) >= 11 is 0. The van der Waals surface area contributed by atoms with Crippen molar-refractivity contribution in [2.75, 3.05) is 43.4 Å². The number of likely N-dealkylation sites (N-methyl/N-ethyl adjacent to an activating group) is 1. The summed E-state index contributed by atoms with van der Waals surface area (Å²) in [6.45, 7) is 7.55. The number of nitrogens with zero attached hydrogens (tertiary/aromatic N) is 2.